The molecule has 6 nitrogen and oxygen atoms in total. The highest BCUT2D eigenvalue weighted by Crippen LogP contribution is 2.33. The third kappa shape index (κ3) is 2.74. The summed E-state index contributed by atoms with van der Waals surface area (Å²) < 4.78 is 21.0. The summed E-state index contributed by atoms with van der Waals surface area (Å²) in [5.41, 5.74) is 1.21. The molecule has 0 radical (unpaired) electrons. The molecule has 1 aromatic heterocycles. The second-order valence-electron chi connectivity index (χ2n) is 7.39. The van der Waals surface area contributed by atoms with Crippen LogP contribution in [0.4, 0.5) is 4.39 Å². The number of hydrogen-bond donors (Lipinski definition) is 1. The number of hydrogen-bond acceptors (Lipinski definition) is 4. The number of halogens is 1. The summed E-state index contributed by atoms with van der Waals surface area (Å²) in [5.74, 6) is -0.309. The average Bonchev–Trinajstić information content (AvgIpc) is 2.97. The van der Waals surface area contributed by atoms with E-state index in [1.165, 1.54) is 6.07 Å². The molecule has 0 bridgehead atoms. The van der Waals surface area contributed by atoms with Crippen LogP contribution < -0.4 is 5.69 Å². The predicted molar refractivity (Wildman–Crippen MR) is 95.5 cm³/mol. The Morgan fingerprint density at radius 1 is 1.31 bits per heavy atom. The van der Waals surface area contributed by atoms with Gasteiger partial charge in [0.05, 0.1) is 17.1 Å². The number of aromatic amines is 1. The van der Waals surface area contributed by atoms with Crippen molar-refractivity contribution in [2.75, 3.05) is 26.3 Å². The van der Waals surface area contributed by atoms with Crippen LogP contribution in [-0.2, 0) is 4.74 Å². The lowest BCUT2D eigenvalue weighted by atomic mass is 9.87. The number of nitrogens with one attached hydrogen (secondary N) is 1. The van der Waals surface area contributed by atoms with Crippen LogP contribution in [0.2, 0.25) is 0 Å². The van der Waals surface area contributed by atoms with Crippen molar-refractivity contribution in [1.82, 2.24) is 14.5 Å². The van der Waals surface area contributed by atoms with Crippen LogP contribution in [0, 0.1) is 24.1 Å². The number of benzene rings is 1. The molecular formula is C19H23FN4O2. The van der Waals surface area contributed by atoms with E-state index in [0.29, 0.717) is 24.3 Å². The normalized spacial score (nSPS) is 21.7. The summed E-state index contributed by atoms with van der Waals surface area (Å²) in [6.45, 7) is 4.51. The monoisotopic (exact) mass is 358 g/mol. The molecule has 2 aromatic rings. The van der Waals surface area contributed by atoms with Crippen LogP contribution in [0.1, 0.15) is 37.3 Å². The number of imidazole rings is 1. The predicted octanol–water partition coefficient (Wildman–Crippen LogP) is 2.49. The summed E-state index contributed by atoms with van der Waals surface area (Å²) in [4.78, 5) is 17.5. The summed E-state index contributed by atoms with van der Waals surface area (Å²) in [6.07, 6.45) is 3.07. The largest absolute Gasteiger partial charge is 0.381 e. The molecule has 0 saturated carbocycles. The topological polar surface area (TPSA) is 74.0 Å². The van der Waals surface area contributed by atoms with Gasteiger partial charge in [-0.05, 0) is 37.5 Å². The second kappa shape index (κ2) is 6.53. The van der Waals surface area contributed by atoms with E-state index in [4.69, 9.17) is 4.74 Å². The molecule has 2 fully saturated rings. The fourth-order valence-electron chi connectivity index (χ4n) is 4.37. The van der Waals surface area contributed by atoms with Crippen LogP contribution in [0.5, 0.6) is 0 Å². The maximum atomic E-state index is 13.8. The molecule has 2 aliphatic rings. The number of rotatable bonds is 2. The van der Waals surface area contributed by atoms with E-state index < -0.39 is 5.54 Å². The molecule has 3 heterocycles. The van der Waals surface area contributed by atoms with Gasteiger partial charge in [-0.25, -0.2) is 9.18 Å². The van der Waals surface area contributed by atoms with Gasteiger partial charge in [0.15, 0.2) is 0 Å². The van der Waals surface area contributed by atoms with Crippen molar-refractivity contribution in [1.29, 1.82) is 5.26 Å². The third-order valence-electron chi connectivity index (χ3n) is 5.96. The fraction of sp³-hybridized carbons (Fsp3) is 0.579. The van der Waals surface area contributed by atoms with Crippen molar-refractivity contribution in [3.05, 3.63) is 34.0 Å². The van der Waals surface area contributed by atoms with Crippen molar-refractivity contribution >= 4 is 11.0 Å². The smallest absolute Gasteiger partial charge is 0.326 e. The Morgan fingerprint density at radius 2 is 2.00 bits per heavy atom. The minimum atomic E-state index is -0.436. The number of fused-ring (bicyclic) bond motifs is 1. The van der Waals surface area contributed by atoms with Gasteiger partial charge >= 0.3 is 5.69 Å². The maximum absolute atomic E-state index is 13.8. The molecule has 26 heavy (non-hydrogen) atoms. The number of H-pyrrole nitrogens is 1. The Balaban J connectivity index is 1.58. The Bertz CT molecular complexity index is 912. The van der Waals surface area contributed by atoms with Gasteiger partial charge in [-0.15, -0.1) is 0 Å². The zero-order chi connectivity index (χ0) is 18.3. The Hall–Kier alpha value is -2.17. The molecule has 7 heteroatoms. The summed E-state index contributed by atoms with van der Waals surface area (Å²) in [6, 6.07) is 5.72. The molecule has 2 aliphatic heterocycles. The van der Waals surface area contributed by atoms with Gasteiger partial charge in [0, 0.05) is 45.2 Å². The zero-order valence-electron chi connectivity index (χ0n) is 14.9. The highest BCUT2D eigenvalue weighted by molar-refractivity contribution is 5.76. The molecule has 0 aliphatic carbocycles. The Morgan fingerprint density at radius 3 is 2.65 bits per heavy atom. The first-order valence-electron chi connectivity index (χ1n) is 9.18. The van der Waals surface area contributed by atoms with E-state index in [2.05, 4.69) is 16.0 Å². The molecule has 0 unspecified atom stereocenters. The van der Waals surface area contributed by atoms with Crippen molar-refractivity contribution in [2.24, 2.45) is 0 Å². The second-order valence-corrected chi connectivity index (χ2v) is 7.39. The van der Waals surface area contributed by atoms with E-state index in [-0.39, 0.29) is 17.5 Å². The number of piperidine rings is 1. The van der Waals surface area contributed by atoms with Crippen LogP contribution in [0.3, 0.4) is 0 Å². The molecule has 138 valence electrons. The van der Waals surface area contributed by atoms with Crippen molar-refractivity contribution in [3.8, 4) is 6.07 Å². The molecule has 2 saturated heterocycles. The number of likely N-dealkylation sites (tertiary alicyclic amines) is 1. The molecular weight excluding hydrogens is 335 g/mol. The SMILES string of the molecule is Cc1cc2c(cc1F)[nH]c(=O)n2C1CCN(C2(C#N)CCOCC2)CC1. The number of aromatic nitrogens is 2. The minimum absolute atomic E-state index is 0.0629. The van der Waals surface area contributed by atoms with Gasteiger partial charge in [-0.2, -0.15) is 5.26 Å². The van der Waals surface area contributed by atoms with Crippen LogP contribution in [-0.4, -0.2) is 46.3 Å². The quantitative estimate of drug-likeness (QED) is 0.895. The summed E-state index contributed by atoms with van der Waals surface area (Å²) in [5, 5.41) is 9.74. The highest BCUT2D eigenvalue weighted by atomic mass is 19.1. The molecule has 1 aromatic carbocycles. The molecule has 0 spiro atoms. The lowest BCUT2D eigenvalue weighted by Crippen LogP contribution is -2.54. The molecule has 4 rings (SSSR count). The average molecular weight is 358 g/mol. The lowest BCUT2D eigenvalue weighted by molar-refractivity contribution is -0.0119. The number of nitrogens with zero attached hydrogens (tertiary/aromatic N) is 3. The zero-order valence-corrected chi connectivity index (χ0v) is 14.9. The molecule has 0 amide bonds. The molecule has 1 N–H and O–H groups in total. The van der Waals surface area contributed by atoms with Crippen LogP contribution >= 0.6 is 0 Å². The molecule has 0 atom stereocenters. The Kier molecular flexibility index (Phi) is 4.33. The van der Waals surface area contributed by atoms with Gasteiger partial charge in [-0.1, -0.05) is 0 Å². The van der Waals surface area contributed by atoms with Crippen molar-refractivity contribution < 1.29 is 9.13 Å². The van der Waals surface area contributed by atoms with Crippen LogP contribution in [0.25, 0.3) is 11.0 Å². The number of ether oxygens (including phenoxy) is 1. The van der Waals surface area contributed by atoms with Gasteiger partial charge in [0.25, 0.3) is 0 Å². The van der Waals surface area contributed by atoms with E-state index in [0.717, 1.165) is 44.3 Å². The van der Waals surface area contributed by atoms with E-state index in [1.807, 2.05) is 0 Å². The van der Waals surface area contributed by atoms with Crippen molar-refractivity contribution in [2.45, 2.75) is 44.2 Å². The fourth-order valence-corrected chi connectivity index (χ4v) is 4.37. The first kappa shape index (κ1) is 17.3. The third-order valence-corrected chi connectivity index (χ3v) is 5.96. The lowest BCUT2D eigenvalue weighted by Gasteiger charge is -2.44. The highest BCUT2D eigenvalue weighted by Gasteiger charge is 2.40. The number of aryl methyl sites for hydroxylation is 1. The van der Waals surface area contributed by atoms with Gasteiger partial charge in [0.1, 0.15) is 11.4 Å². The summed E-state index contributed by atoms with van der Waals surface area (Å²) >= 11 is 0. The van der Waals surface area contributed by atoms with Gasteiger partial charge in [-0.3, -0.25) is 9.47 Å². The first-order valence-corrected chi connectivity index (χ1v) is 9.18. The van der Waals surface area contributed by atoms with E-state index in [1.54, 1.807) is 17.6 Å². The van der Waals surface area contributed by atoms with Gasteiger partial charge in [0.2, 0.25) is 0 Å². The van der Waals surface area contributed by atoms with Crippen molar-refractivity contribution in [3.63, 3.8) is 0 Å². The summed E-state index contributed by atoms with van der Waals surface area (Å²) in [7, 11) is 0. The minimum Gasteiger partial charge on any atom is -0.381 e. The van der Waals surface area contributed by atoms with Crippen LogP contribution in [0.15, 0.2) is 16.9 Å². The van der Waals surface area contributed by atoms with Gasteiger partial charge < -0.3 is 9.72 Å². The van der Waals surface area contributed by atoms with E-state index >= 15 is 0 Å². The number of nitriles is 1. The Labute approximate surface area is 151 Å². The standard InChI is InChI=1S/C19H23FN4O2/c1-13-10-17-16(11-15(13)20)22-18(25)24(17)14-2-6-23(7-3-14)19(12-21)4-8-26-9-5-19/h10-11,14H,2-9H2,1H3,(H,22,25). The maximum Gasteiger partial charge on any atom is 0.326 e. The first-order chi connectivity index (χ1) is 12.5. The van der Waals surface area contributed by atoms with E-state index in [9.17, 15) is 14.4 Å².